The van der Waals surface area contributed by atoms with Gasteiger partial charge in [-0.2, -0.15) is 9.97 Å². The van der Waals surface area contributed by atoms with Crippen LogP contribution in [-0.2, 0) is 0 Å². The highest BCUT2D eigenvalue weighted by Gasteiger charge is 2.25. The fourth-order valence-electron chi connectivity index (χ4n) is 5.74. The minimum atomic E-state index is 0.736. The van der Waals surface area contributed by atoms with Crippen molar-refractivity contribution in [2.75, 3.05) is 72.4 Å². The zero-order valence-corrected chi connectivity index (χ0v) is 25.5. The van der Waals surface area contributed by atoms with Gasteiger partial charge in [0.15, 0.2) is 10.2 Å². The van der Waals surface area contributed by atoms with Gasteiger partial charge in [0.1, 0.15) is 11.6 Å². The molecule has 3 aliphatic rings. The van der Waals surface area contributed by atoms with Crippen molar-refractivity contribution in [2.24, 2.45) is 0 Å². The van der Waals surface area contributed by atoms with Gasteiger partial charge in [0.25, 0.3) is 0 Å². The summed E-state index contributed by atoms with van der Waals surface area (Å²) in [6, 6.07) is 14.9. The standard InChI is InChI=1S/C30H34N8S3/c39-30(34-29-31-24(21-41-29)25-18-23(20-40-25)22-8-2-1-3-9-22)38-16-14-36(15-17-38)27-19-26(35-10-4-5-11-35)32-28(33-27)37-12-6-7-13-37/h1-3,8-9,18-21H,4-7,10-17H2,(H,31,34,39). The molecule has 8 nitrogen and oxygen atoms in total. The van der Waals surface area contributed by atoms with E-state index in [1.165, 1.54) is 41.7 Å². The first kappa shape index (κ1) is 26.6. The summed E-state index contributed by atoms with van der Waals surface area (Å²) < 4.78 is 0. The first-order chi connectivity index (χ1) is 20.2. The fraction of sp³-hybridized carbons (Fsp3) is 0.400. The summed E-state index contributed by atoms with van der Waals surface area (Å²) in [5, 5.41) is 9.27. The molecule has 0 bridgehead atoms. The van der Waals surface area contributed by atoms with Gasteiger partial charge >= 0.3 is 0 Å². The van der Waals surface area contributed by atoms with Crippen LogP contribution in [0.25, 0.3) is 21.7 Å². The maximum absolute atomic E-state index is 5.82. The third-order valence-corrected chi connectivity index (χ3v) is 10.1. The molecule has 0 saturated carbocycles. The van der Waals surface area contributed by atoms with E-state index in [-0.39, 0.29) is 0 Å². The summed E-state index contributed by atoms with van der Waals surface area (Å²) in [7, 11) is 0. The van der Waals surface area contributed by atoms with E-state index in [4.69, 9.17) is 27.2 Å². The number of benzene rings is 1. The Balaban J connectivity index is 0.986. The second kappa shape index (κ2) is 11.9. The summed E-state index contributed by atoms with van der Waals surface area (Å²) >= 11 is 9.14. The van der Waals surface area contributed by atoms with Gasteiger partial charge in [0.05, 0.1) is 10.6 Å². The van der Waals surface area contributed by atoms with Gasteiger partial charge in [-0.3, -0.25) is 0 Å². The third kappa shape index (κ3) is 5.89. The van der Waals surface area contributed by atoms with Crippen LogP contribution in [0.15, 0.2) is 53.2 Å². The molecule has 0 spiro atoms. The molecule has 3 aromatic heterocycles. The maximum Gasteiger partial charge on any atom is 0.229 e. The molecule has 3 aliphatic heterocycles. The van der Waals surface area contributed by atoms with Crippen LogP contribution in [0.3, 0.4) is 0 Å². The van der Waals surface area contributed by atoms with Crippen molar-refractivity contribution in [2.45, 2.75) is 25.7 Å². The number of thiophene rings is 1. The Morgan fingerprint density at radius 1 is 0.683 bits per heavy atom. The second-order valence-corrected chi connectivity index (χ2v) is 12.9. The Bertz CT molecular complexity index is 1450. The normalized spacial score (nSPS) is 17.5. The predicted molar refractivity (Wildman–Crippen MR) is 176 cm³/mol. The van der Waals surface area contributed by atoms with Crippen molar-refractivity contribution in [3.05, 3.63) is 53.2 Å². The molecule has 1 aromatic carbocycles. The monoisotopic (exact) mass is 602 g/mol. The minimum Gasteiger partial charge on any atom is -0.356 e. The average Bonchev–Trinajstić information content (AvgIpc) is 3.85. The van der Waals surface area contributed by atoms with Gasteiger partial charge in [-0.15, -0.1) is 22.7 Å². The molecular weight excluding hydrogens is 569 g/mol. The van der Waals surface area contributed by atoms with Gasteiger partial charge in [-0.1, -0.05) is 30.3 Å². The highest BCUT2D eigenvalue weighted by atomic mass is 32.1. The highest BCUT2D eigenvalue weighted by molar-refractivity contribution is 7.80. The number of aromatic nitrogens is 3. The van der Waals surface area contributed by atoms with Crippen LogP contribution in [0.4, 0.5) is 22.7 Å². The number of thiazole rings is 1. The molecule has 1 N–H and O–H groups in total. The van der Waals surface area contributed by atoms with Gasteiger partial charge in [-0.05, 0) is 60.5 Å². The molecule has 4 aromatic rings. The number of hydrogen-bond donors (Lipinski definition) is 1. The molecule has 7 rings (SSSR count). The molecule has 212 valence electrons. The Hall–Kier alpha value is -3.28. The SMILES string of the molecule is S=C(Nc1nc(-c2cc(-c3ccccc3)cs2)cs1)N1CCN(c2cc(N3CCCC3)nc(N3CCCC3)n2)CC1. The van der Waals surface area contributed by atoms with Crippen LogP contribution in [0.5, 0.6) is 0 Å². The molecule has 41 heavy (non-hydrogen) atoms. The Morgan fingerprint density at radius 3 is 2.05 bits per heavy atom. The van der Waals surface area contributed by atoms with Crippen LogP contribution in [0.1, 0.15) is 25.7 Å². The largest absolute Gasteiger partial charge is 0.356 e. The van der Waals surface area contributed by atoms with Gasteiger partial charge < -0.3 is 24.9 Å². The lowest BCUT2D eigenvalue weighted by atomic mass is 10.1. The summed E-state index contributed by atoms with van der Waals surface area (Å²) in [5.74, 6) is 3.01. The molecule has 6 heterocycles. The smallest absolute Gasteiger partial charge is 0.229 e. The van der Waals surface area contributed by atoms with E-state index in [1.54, 1.807) is 22.7 Å². The lowest BCUT2D eigenvalue weighted by Gasteiger charge is -2.37. The number of hydrogen-bond acceptors (Lipinski definition) is 9. The number of nitrogens with zero attached hydrogens (tertiary/aromatic N) is 7. The quantitative estimate of drug-likeness (QED) is 0.266. The van der Waals surface area contributed by atoms with Crippen molar-refractivity contribution < 1.29 is 0 Å². The predicted octanol–water partition coefficient (Wildman–Crippen LogP) is 6.05. The first-order valence-corrected chi connectivity index (χ1v) is 16.7. The summed E-state index contributed by atoms with van der Waals surface area (Å²) in [6.45, 7) is 7.71. The summed E-state index contributed by atoms with van der Waals surface area (Å²) in [5.41, 5.74) is 3.44. The molecule has 0 unspecified atom stereocenters. The van der Waals surface area contributed by atoms with Crippen molar-refractivity contribution in [1.29, 1.82) is 0 Å². The molecule has 3 saturated heterocycles. The Morgan fingerprint density at radius 2 is 1.34 bits per heavy atom. The summed E-state index contributed by atoms with van der Waals surface area (Å²) in [4.78, 5) is 25.4. The molecule has 0 radical (unpaired) electrons. The van der Waals surface area contributed by atoms with Crippen molar-refractivity contribution in [3.63, 3.8) is 0 Å². The van der Waals surface area contributed by atoms with Crippen LogP contribution in [0.2, 0.25) is 0 Å². The Kier molecular flexibility index (Phi) is 7.73. The zero-order chi connectivity index (χ0) is 27.6. The van der Waals surface area contributed by atoms with E-state index in [0.29, 0.717) is 0 Å². The summed E-state index contributed by atoms with van der Waals surface area (Å²) in [6.07, 6.45) is 4.92. The molecular formula is C30H34N8S3. The molecule has 0 atom stereocenters. The number of piperazine rings is 1. The van der Waals surface area contributed by atoms with Gasteiger partial charge in [-0.25, -0.2) is 4.98 Å². The molecule has 0 amide bonds. The zero-order valence-electron chi connectivity index (χ0n) is 23.0. The average molecular weight is 603 g/mol. The lowest BCUT2D eigenvalue weighted by molar-refractivity contribution is 0.389. The van der Waals surface area contributed by atoms with Crippen LogP contribution in [0, 0.1) is 0 Å². The van der Waals surface area contributed by atoms with Crippen molar-refractivity contribution >= 4 is 62.7 Å². The van der Waals surface area contributed by atoms with Crippen LogP contribution >= 0.6 is 34.9 Å². The second-order valence-electron chi connectivity index (χ2n) is 10.8. The van der Waals surface area contributed by atoms with E-state index in [9.17, 15) is 0 Å². The van der Waals surface area contributed by atoms with Crippen LogP contribution < -0.4 is 20.0 Å². The minimum absolute atomic E-state index is 0.736. The third-order valence-electron chi connectivity index (χ3n) is 8.07. The Labute approximate surface area is 254 Å². The van der Waals surface area contributed by atoms with E-state index < -0.39 is 0 Å². The highest BCUT2D eigenvalue weighted by Crippen LogP contribution is 2.34. The fourth-order valence-corrected chi connectivity index (χ4v) is 7.75. The van der Waals surface area contributed by atoms with Gasteiger partial charge in [0.2, 0.25) is 5.95 Å². The number of rotatable bonds is 6. The number of anilines is 4. The van der Waals surface area contributed by atoms with Crippen LogP contribution in [-0.4, -0.2) is 77.3 Å². The molecule has 0 aliphatic carbocycles. The topological polar surface area (TPSA) is 63.7 Å². The van der Waals surface area contributed by atoms with E-state index in [1.807, 2.05) is 6.07 Å². The maximum atomic E-state index is 5.82. The number of thiocarbonyl (C=S) groups is 1. The first-order valence-electron chi connectivity index (χ1n) is 14.5. The van der Waals surface area contributed by atoms with Gasteiger partial charge in [0, 0.05) is 63.8 Å². The molecule has 11 heteroatoms. The van der Waals surface area contributed by atoms with Crippen molar-refractivity contribution in [3.8, 4) is 21.7 Å². The van der Waals surface area contributed by atoms with E-state index >= 15 is 0 Å². The lowest BCUT2D eigenvalue weighted by Crippen LogP contribution is -2.50. The van der Waals surface area contributed by atoms with E-state index in [2.05, 4.69) is 72.1 Å². The molecule has 3 fully saturated rings. The number of nitrogens with one attached hydrogen (secondary N) is 1. The van der Waals surface area contributed by atoms with E-state index in [0.717, 1.165) is 85.9 Å². The van der Waals surface area contributed by atoms with Crippen molar-refractivity contribution in [1.82, 2.24) is 19.9 Å².